The maximum atomic E-state index is 11.8. The predicted molar refractivity (Wildman–Crippen MR) is 94.8 cm³/mol. The molecule has 0 aliphatic rings. The Morgan fingerprint density at radius 3 is 2.52 bits per heavy atom. The third-order valence-electron chi connectivity index (χ3n) is 3.16. The molecule has 2 rings (SSSR count). The van der Waals surface area contributed by atoms with E-state index in [1.54, 1.807) is 18.2 Å². The molecule has 0 heterocycles. The van der Waals surface area contributed by atoms with Crippen LogP contribution in [0.5, 0.6) is 5.75 Å². The highest BCUT2D eigenvalue weighted by Gasteiger charge is 2.08. The van der Waals surface area contributed by atoms with Crippen LogP contribution < -0.4 is 15.4 Å². The number of hydrogen-bond donors (Lipinski definition) is 2. The molecular formula is C17H18Cl2N2O2. The molecule has 2 amide bonds. The number of carbonyl (C=O) groups is 1. The van der Waals surface area contributed by atoms with Crippen LogP contribution in [0.4, 0.5) is 10.5 Å². The van der Waals surface area contributed by atoms with Gasteiger partial charge in [0.25, 0.3) is 0 Å². The summed E-state index contributed by atoms with van der Waals surface area (Å²) in [6, 6.07) is 12.5. The highest BCUT2D eigenvalue weighted by atomic mass is 35.5. The van der Waals surface area contributed by atoms with Gasteiger partial charge < -0.3 is 15.4 Å². The van der Waals surface area contributed by atoms with E-state index in [9.17, 15) is 4.79 Å². The van der Waals surface area contributed by atoms with Crippen LogP contribution in [0.2, 0.25) is 10.0 Å². The number of amides is 2. The molecule has 0 unspecified atom stereocenters. The molecule has 122 valence electrons. The summed E-state index contributed by atoms with van der Waals surface area (Å²) in [5.74, 6) is 0.792. The van der Waals surface area contributed by atoms with E-state index in [1.807, 2.05) is 24.3 Å². The van der Waals surface area contributed by atoms with E-state index >= 15 is 0 Å². The zero-order chi connectivity index (χ0) is 16.7. The van der Waals surface area contributed by atoms with Gasteiger partial charge in [0, 0.05) is 0 Å². The van der Waals surface area contributed by atoms with E-state index in [-0.39, 0.29) is 6.03 Å². The summed E-state index contributed by atoms with van der Waals surface area (Å²) in [4.78, 5) is 11.8. The van der Waals surface area contributed by atoms with Gasteiger partial charge in [0.05, 0.1) is 22.3 Å². The van der Waals surface area contributed by atoms with Gasteiger partial charge >= 0.3 is 6.03 Å². The van der Waals surface area contributed by atoms with Crippen molar-refractivity contribution in [2.45, 2.75) is 13.3 Å². The molecule has 2 N–H and O–H groups in total. The summed E-state index contributed by atoms with van der Waals surface area (Å²) in [6.45, 7) is 2.83. The van der Waals surface area contributed by atoms with E-state index in [0.717, 1.165) is 12.2 Å². The molecule has 0 aromatic heterocycles. The minimum absolute atomic E-state index is 0.365. The fourth-order valence-electron chi connectivity index (χ4n) is 1.96. The topological polar surface area (TPSA) is 50.4 Å². The van der Waals surface area contributed by atoms with Crippen molar-refractivity contribution in [1.29, 1.82) is 0 Å². The summed E-state index contributed by atoms with van der Waals surface area (Å²) < 4.78 is 5.60. The van der Waals surface area contributed by atoms with Gasteiger partial charge in [-0.2, -0.15) is 0 Å². The smallest absolute Gasteiger partial charge is 0.319 e. The van der Waals surface area contributed by atoms with Gasteiger partial charge in [0.1, 0.15) is 12.4 Å². The largest absolute Gasteiger partial charge is 0.492 e. The van der Waals surface area contributed by atoms with Gasteiger partial charge in [-0.15, -0.1) is 0 Å². The van der Waals surface area contributed by atoms with Crippen molar-refractivity contribution in [2.24, 2.45) is 0 Å². The Balaban J connectivity index is 1.76. The Bertz CT molecular complexity index is 657. The van der Waals surface area contributed by atoms with E-state index in [2.05, 4.69) is 17.6 Å². The number of hydrogen-bond acceptors (Lipinski definition) is 2. The highest BCUT2D eigenvalue weighted by molar-refractivity contribution is 6.39. The van der Waals surface area contributed by atoms with E-state index in [0.29, 0.717) is 28.9 Å². The minimum Gasteiger partial charge on any atom is -0.492 e. The lowest BCUT2D eigenvalue weighted by atomic mass is 10.2. The fraction of sp³-hybridized carbons (Fsp3) is 0.235. The van der Waals surface area contributed by atoms with Crippen LogP contribution in [0.1, 0.15) is 12.5 Å². The number of para-hydroxylation sites is 1. The van der Waals surface area contributed by atoms with E-state index in [4.69, 9.17) is 27.9 Å². The highest BCUT2D eigenvalue weighted by Crippen LogP contribution is 2.29. The van der Waals surface area contributed by atoms with Crippen molar-refractivity contribution >= 4 is 34.9 Å². The van der Waals surface area contributed by atoms with Gasteiger partial charge in [-0.25, -0.2) is 4.79 Å². The van der Waals surface area contributed by atoms with Crippen LogP contribution in [0.3, 0.4) is 0 Å². The maximum absolute atomic E-state index is 11.8. The molecule has 23 heavy (non-hydrogen) atoms. The molecule has 0 spiro atoms. The molecule has 0 saturated heterocycles. The quantitative estimate of drug-likeness (QED) is 0.736. The molecule has 4 nitrogen and oxygen atoms in total. The molecule has 0 aliphatic carbocycles. The molecule has 0 saturated carbocycles. The zero-order valence-electron chi connectivity index (χ0n) is 12.7. The van der Waals surface area contributed by atoms with E-state index < -0.39 is 0 Å². The number of aryl methyl sites for hydroxylation is 1. The number of nitrogens with one attached hydrogen (secondary N) is 2. The van der Waals surface area contributed by atoms with Crippen LogP contribution in [0.25, 0.3) is 0 Å². The summed E-state index contributed by atoms with van der Waals surface area (Å²) in [6.07, 6.45) is 0.955. The maximum Gasteiger partial charge on any atom is 0.319 e. The van der Waals surface area contributed by atoms with Gasteiger partial charge in [-0.05, 0) is 36.2 Å². The number of benzene rings is 2. The average molecular weight is 353 g/mol. The number of anilines is 1. The third-order valence-corrected chi connectivity index (χ3v) is 3.79. The Hall–Kier alpha value is -1.91. The second-order valence-electron chi connectivity index (χ2n) is 4.83. The van der Waals surface area contributed by atoms with Crippen LogP contribution in [-0.4, -0.2) is 19.2 Å². The number of rotatable bonds is 6. The predicted octanol–water partition coefficient (Wildman–Crippen LogP) is 4.76. The monoisotopic (exact) mass is 352 g/mol. The standard InChI is InChI=1S/C17H18Cl2N2O2/c1-2-12-5-3-6-13(11-12)23-10-9-20-17(22)21-16-14(18)7-4-8-15(16)19/h3-8,11H,2,9-10H2,1H3,(H2,20,21,22). The Morgan fingerprint density at radius 2 is 1.83 bits per heavy atom. The zero-order valence-corrected chi connectivity index (χ0v) is 14.2. The third kappa shape index (κ3) is 5.34. The molecule has 0 radical (unpaired) electrons. The molecular weight excluding hydrogens is 335 g/mol. The molecule has 6 heteroatoms. The summed E-state index contributed by atoms with van der Waals surface area (Å²) >= 11 is 12.0. The lowest BCUT2D eigenvalue weighted by Crippen LogP contribution is -2.32. The Morgan fingerprint density at radius 1 is 1.13 bits per heavy atom. The number of ether oxygens (including phenoxy) is 1. The molecule has 0 bridgehead atoms. The normalized spacial score (nSPS) is 10.2. The number of carbonyl (C=O) groups excluding carboxylic acids is 1. The first kappa shape index (κ1) is 17.4. The Labute approximate surface area is 145 Å². The van der Waals surface area contributed by atoms with Crippen molar-refractivity contribution in [3.05, 3.63) is 58.1 Å². The van der Waals surface area contributed by atoms with Gasteiger partial charge in [0.15, 0.2) is 0 Å². The van der Waals surface area contributed by atoms with Crippen LogP contribution >= 0.6 is 23.2 Å². The van der Waals surface area contributed by atoms with Gasteiger partial charge in [0.2, 0.25) is 0 Å². The summed E-state index contributed by atoms with van der Waals surface area (Å²) in [7, 11) is 0. The fourth-order valence-corrected chi connectivity index (χ4v) is 2.46. The lowest BCUT2D eigenvalue weighted by Gasteiger charge is -2.11. The molecule has 2 aromatic rings. The molecule has 2 aromatic carbocycles. The van der Waals surface area contributed by atoms with Crippen molar-refractivity contribution in [2.75, 3.05) is 18.5 Å². The van der Waals surface area contributed by atoms with Crippen LogP contribution in [0.15, 0.2) is 42.5 Å². The van der Waals surface area contributed by atoms with Crippen molar-refractivity contribution in [3.8, 4) is 5.75 Å². The first-order chi connectivity index (χ1) is 11.1. The van der Waals surface area contributed by atoms with E-state index in [1.165, 1.54) is 5.56 Å². The number of halogens is 2. The molecule has 0 aliphatic heterocycles. The second kappa shape index (κ2) is 8.65. The van der Waals surface area contributed by atoms with Gasteiger partial charge in [-0.3, -0.25) is 0 Å². The lowest BCUT2D eigenvalue weighted by molar-refractivity contribution is 0.247. The molecule has 0 atom stereocenters. The summed E-state index contributed by atoms with van der Waals surface area (Å²) in [5, 5.41) is 6.10. The average Bonchev–Trinajstić information content (AvgIpc) is 2.55. The number of urea groups is 1. The van der Waals surface area contributed by atoms with Crippen molar-refractivity contribution < 1.29 is 9.53 Å². The Kier molecular flexibility index (Phi) is 6.56. The second-order valence-corrected chi connectivity index (χ2v) is 5.64. The minimum atomic E-state index is -0.383. The van der Waals surface area contributed by atoms with Crippen LogP contribution in [0, 0.1) is 0 Å². The molecule has 0 fully saturated rings. The first-order valence-electron chi connectivity index (χ1n) is 7.30. The SMILES string of the molecule is CCc1cccc(OCCNC(=O)Nc2c(Cl)cccc2Cl)c1. The van der Waals surface area contributed by atoms with Gasteiger partial charge in [-0.1, -0.05) is 48.3 Å². The van der Waals surface area contributed by atoms with Crippen LogP contribution in [-0.2, 0) is 6.42 Å². The summed E-state index contributed by atoms with van der Waals surface area (Å²) in [5.41, 5.74) is 1.60. The first-order valence-corrected chi connectivity index (χ1v) is 8.06. The van der Waals surface area contributed by atoms with Crippen molar-refractivity contribution in [3.63, 3.8) is 0 Å². The van der Waals surface area contributed by atoms with Crippen molar-refractivity contribution in [1.82, 2.24) is 5.32 Å².